The van der Waals surface area contributed by atoms with Gasteiger partial charge in [0.25, 0.3) is 5.91 Å². The summed E-state index contributed by atoms with van der Waals surface area (Å²) >= 11 is 3.44. The summed E-state index contributed by atoms with van der Waals surface area (Å²) in [6, 6.07) is 26.1. The van der Waals surface area contributed by atoms with Gasteiger partial charge in [-0.05, 0) is 47.5 Å². The molecular weight excluding hydrogens is 404 g/mol. The second-order valence-electron chi connectivity index (χ2n) is 5.89. The highest BCUT2D eigenvalue weighted by atomic mass is 79.9. The van der Waals surface area contributed by atoms with Gasteiger partial charge in [0.1, 0.15) is 5.75 Å². The van der Waals surface area contributed by atoms with Crippen LogP contribution in [0.2, 0.25) is 0 Å². The van der Waals surface area contributed by atoms with Gasteiger partial charge >= 0.3 is 0 Å². The van der Waals surface area contributed by atoms with E-state index in [-0.39, 0.29) is 18.6 Å². The van der Waals surface area contributed by atoms with Crippen molar-refractivity contribution in [2.45, 2.75) is 6.04 Å². The van der Waals surface area contributed by atoms with Crippen molar-refractivity contribution in [3.8, 4) is 11.8 Å². The number of carbonyl (C=O) groups excluding carboxylic acids is 1. The molecule has 3 aromatic carbocycles. The molecule has 27 heavy (non-hydrogen) atoms. The van der Waals surface area contributed by atoms with Gasteiger partial charge < -0.3 is 10.1 Å². The van der Waals surface area contributed by atoms with E-state index in [0.717, 1.165) is 15.6 Å². The first kappa shape index (κ1) is 18.7. The van der Waals surface area contributed by atoms with E-state index >= 15 is 0 Å². The molecule has 0 radical (unpaired) electrons. The zero-order valence-electron chi connectivity index (χ0n) is 14.4. The van der Waals surface area contributed by atoms with E-state index < -0.39 is 0 Å². The molecule has 1 N–H and O–H groups in total. The minimum absolute atomic E-state index is 0.105. The predicted molar refractivity (Wildman–Crippen MR) is 107 cm³/mol. The molecule has 3 rings (SSSR count). The third-order valence-electron chi connectivity index (χ3n) is 3.99. The van der Waals surface area contributed by atoms with Crippen LogP contribution >= 0.6 is 15.9 Å². The first-order chi connectivity index (χ1) is 13.2. The smallest absolute Gasteiger partial charge is 0.258 e. The summed E-state index contributed by atoms with van der Waals surface area (Å²) in [7, 11) is 0. The fraction of sp³-hybridized carbons (Fsp3) is 0.0909. The van der Waals surface area contributed by atoms with Gasteiger partial charge in [0.15, 0.2) is 6.61 Å². The van der Waals surface area contributed by atoms with Crippen molar-refractivity contribution in [3.05, 3.63) is 100 Å². The molecular formula is C22H17BrN2O2. The third kappa shape index (κ3) is 5.19. The van der Waals surface area contributed by atoms with Crippen LogP contribution in [0.25, 0.3) is 0 Å². The quantitative estimate of drug-likeness (QED) is 0.633. The molecule has 5 heteroatoms. The zero-order chi connectivity index (χ0) is 19.1. The number of hydrogen-bond donors (Lipinski definition) is 1. The van der Waals surface area contributed by atoms with Crippen molar-refractivity contribution in [3.63, 3.8) is 0 Å². The standard InChI is InChI=1S/C22H17BrN2O2/c23-19-10-8-18(9-11-19)22(17-4-2-1-3-5-17)25-21(26)15-27-20-12-6-16(14-24)7-13-20/h1-13,22H,15H2,(H,25,26). The van der Waals surface area contributed by atoms with Crippen LogP contribution in [0.4, 0.5) is 0 Å². The van der Waals surface area contributed by atoms with Crippen LogP contribution in [0, 0.1) is 11.3 Å². The molecule has 4 nitrogen and oxygen atoms in total. The van der Waals surface area contributed by atoms with Crippen LogP contribution < -0.4 is 10.1 Å². The van der Waals surface area contributed by atoms with Crippen LogP contribution in [-0.4, -0.2) is 12.5 Å². The highest BCUT2D eigenvalue weighted by molar-refractivity contribution is 9.10. The van der Waals surface area contributed by atoms with E-state index in [1.165, 1.54) is 0 Å². The Balaban J connectivity index is 1.70. The van der Waals surface area contributed by atoms with Gasteiger partial charge in [0.05, 0.1) is 17.7 Å². The number of nitrogens with one attached hydrogen (secondary N) is 1. The minimum atomic E-state index is -0.267. The minimum Gasteiger partial charge on any atom is -0.484 e. The maximum absolute atomic E-state index is 12.5. The van der Waals surface area contributed by atoms with Gasteiger partial charge in [0.2, 0.25) is 0 Å². The van der Waals surface area contributed by atoms with Crippen molar-refractivity contribution in [1.82, 2.24) is 5.32 Å². The Hall–Kier alpha value is -3.10. The molecule has 0 heterocycles. The summed E-state index contributed by atoms with van der Waals surface area (Å²) < 4.78 is 6.51. The number of rotatable bonds is 6. The number of hydrogen-bond acceptors (Lipinski definition) is 3. The molecule has 0 fully saturated rings. The average Bonchev–Trinajstić information content (AvgIpc) is 2.72. The topological polar surface area (TPSA) is 62.1 Å². The molecule has 0 aliphatic rings. The molecule has 0 spiro atoms. The summed E-state index contributed by atoms with van der Waals surface area (Å²) in [4.78, 5) is 12.5. The lowest BCUT2D eigenvalue weighted by Gasteiger charge is -2.20. The largest absolute Gasteiger partial charge is 0.484 e. The van der Waals surface area contributed by atoms with Crippen LogP contribution in [0.5, 0.6) is 5.75 Å². The third-order valence-corrected chi connectivity index (χ3v) is 4.52. The number of benzene rings is 3. The lowest BCUT2D eigenvalue weighted by molar-refractivity contribution is -0.123. The lowest BCUT2D eigenvalue weighted by Crippen LogP contribution is -2.33. The Labute approximate surface area is 166 Å². The van der Waals surface area contributed by atoms with Gasteiger partial charge in [-0.15, -0.1) is 0 Å². The Morgan fingerprint density at radius 1 is 0.963 bits per heavy atom. The number of nitriles is 1. The molecule has 1 unspecified atom stereocenters. The molecule has 1 atom stereocenters. The number of ether oxygens (including phenoxy) is 1. The molecule has 0 saturated carbocycles. The fourth-order valence-electron chi connectivity index (χ4n) is 2.64. The normalized spacial score (nSPS) is 11.3. The summed E-state index contributed by atoms with van der Waals surface area (Å²) in [5.74, 6) is 0.320. The predicted octanol–water partition coefficient (Wildman–Crippen LogP) is 4.61. The van der Waals surface area contributed by atoms with E-state index in [1.54, 1.807) is 24.3 Å². The van der Waals surface area contributed by atoms with E-state index in [1.807, 2.05) is 60.7 Å². The van der Waals surface area contributed by atoms with Crippen LogP contribution in [0.1, 0.15) is 22.7 Å². The number of carbonyl (C=O) groups is 1. The molecule has 0 bridgehead atoms. The van der Waals surface area contributed by atoms with Crippen molar-refractivity contribution in [2.75, 3.05) is 6.61 Å². The van der Waals surface area contributed by atoms with Gasteiger partial charge in [-0.25, -0.2) is 0 Å². The van der Waals surface area contributed by atoms with E-state index in [4.69, 9.17) is 10.00 Å². The Morgan fingerprint density at radius 2 is 1.59 bits per heavy atom. The molecule has 3 aromatic rings. The maximum atomic E-state index is 12.5. The van der Waals surface area contributed by atoms with Crippen molar-refractivity contribution in [1.29, 1.82) is 5.26 Å². The molecule has 1 amide bonds. The second-order valence-corrected chi connectivity index (χ2v) is 6.80. The maximum Gasteiger partial charge on any atom is 0.258 e. The van der Waals surface area contributed by atoms with Crippen LogP contribution in [0.3, 0.4) is 0 Å². The molecule has 0 aliphatic heterocycles. The number of halogens is 1. The SMILES string of the molecule is N#Cc1ccc(OCC(=O)NC(c2ccccc2)c2ccc(Br)cc2)cc1. The van der Waals surface area contributed by atoms with E-state index in [9.17, 15) is 4.79 Å². The summed E-state index contributed by atoms with van der Waals surface area (Å²) in [6.07, 6.45) is 0. The van der Waals surface area contributed by atoms with Crippen molar-refractivity contribution in [2.24, 2.45) is 0 Å². The van der Waals surface area contributed by atoms with Gasteiger partial charge in [-0.3, -0.25) is 4.79 Å². The molecule has 134 valence electrons. The van der Waals surface area contributed by atoms with Gasteiger partial charge in [-0.1, -0.05) is 58.4 Å². The Bertz CT molecular complexity index is 933. The van der Waals surface area contributed by atoms with Crippen LogP contribution in [-0.2, 0) is 4.79 Å². The van der Waals surface area contributed by atoms with Gasteiger partial charge in [-0.2, -0.15) is 5.26 Å². The van der Waals surface area contributed by atoms with Crippen molar-refractivity contribution >= 4 is 21.8 Å². The van der Waals surface area contributed by atoms with E-state index in [0.29, 0.717) is 11.3 Å². The van der Waals surface area contributed by atoms with Crippen LogP contribution in [0.15, 0.2) is 83.3 Å². The Morgan fingerprint density at radius 3 is 2.22 bits per heavy atom. The Kier molecular flexibility index (Phi) is 6.24. The zero-order valence-corrected chi connectivity index (χ0v) is 16.0. The highest BCUT2D eigenvalue weighted by Gasteiger charge is 2.17. The number of nitrogens with zero attached hydrogens (tertiary/aromatic N) is 1. The first-order valence-electron chi connectivity index (χ1n) is 8.38. The summed E-state index contributed by atoms with van der Waals surface area (Å²) in [6.45, 7) is -0.105. The second kappa shape index (κ2) is 9.02. The molecule has 0 aliphatic carbocycles. The molecule has 0 aromatic heterocycles. The fourth-order valence-corrected chi connectivity index (χ4v) is 2.90. The molecule has 0 saturated heterocycles. The van der Waals surface area contributed by atoms with Crippen molar-refractivity contribution < 1.29 is 9.53 Å². The van der Waals surface area contributed by atoms with Gasteiger partial charge in [0, 0.05) is 4.47 Å². The lowest BCUT2D eigenvalue weighted by atomic mass is 9.99. The average molecular weight is 421 g/mol. The monoisotopic (exact) mass is 420 g/mol. The van der Waals surface area contributed by atoms with E-state index in [2.05, 4.69) is 21.2 Å². The summed E-state index contributed by atoms with van der Waals surface area (Å²) in [5.41, 5.74) is 2.52. The summed E-state index contributed by atoms with van der Waals surface area (Å²) in [5, 5.41) is 11.9. The number of amides is 1. The highest BCUT2D eigenvalue weighted by Crippen LogP contribution is 2.23. The first-order valence-corrected chi connectivity index (χ1v) is 9.18.